The van der Waals surface area contributed by atoms with E-state index in [-0.39, 0.29) is 5.56 Å². The van der Waals surface area contributed by atoms with Crippen LogP contribution in [0.2, 0.25) is 0 Å². The molecule has 0 saturated carbocycles. The highest BCUT2D eigenvalue weighted by Gasteiger charge is 2.06. The number of aromatic amines is 1. The number of nitrogens with one attached hydrogen (secondary N) is 1. The highest BCUT2D eigenvalue weighted by molar-refractivity contribution is 5.94. The maximum absolute atomic E-state index is 11.8. The predicted octanol–water partition coefficient (Wildman–Crippen LogP) is 4.15. The number of aromatic nitrogens is 1. The monoisotopic (exact) mass is 263 g/mol. The number of fused-ring (bicyclic) bond motifs is 1. The molecule has 3 rings (SSSR count). The maximum atomic E-state index is 11.8. The van der Waals surface area contributed by atoms with Gasteiger partial charge in [0, 0.05) is 17.0 Å². The van der Waals surface area contributed by atoms with Crippen molar-refractivity contribution in [2.24, 2.45) is 0 Å². The highest BCUT2D eigenvalue weighted by Crippen LogP contribution is 2.26. The van der Waals surface area contributed by atoms with Crippen LogP contribution >= 0.6 is 0 Å². The molecule has 0 unspecified atom stereocenters. The Hall–Kier alpha value is -2.35. The van der Waals surface area contributed by atoms with Gasteiger partial charge in [-0.1, -0.05) is 55.8 Å². The predicted molar refractivity (Wildman–Crippen MR) is 84.0 cm³/mol. The summed E-state index contributed by atoms with van der Waals surface area (Å²) in [6.07, 6.45) is 2.19. The van der Waals surface area contributed by atoms with Crippen LogP contribution in [-0.4, -0.2) is 4.98 Å². The van der Waals surface area contributed by atoms with Crippen molar-refractivity contribution in [3.63, 3.8) is 0 Å². The van der Waals surface area contributed by atoms with Crippen molar-refractivity contribution in [2.75, 3.05) is 0 Å². The van der Waals surface area contributed by atoms with E-state index in [4.69, 9.17) is 0 Å². The molecule has 0 atom stereocenters. The SMILES string of the molecule is CCCc1cccc(-c2cc(=O)[nH]c3ccccc23)c1. The molecule has 0 saturated heterocycles. The normalized spacial score (nSPS) is 10.8. The van der Waals surface area contributed by atoms with Crippen LogP contribution in [0.4, 0.5) is 0 Å². The van der Waals surface area contributed by atoms with Gasteiger partial charge in [-0.2, -0.15) is 0 Å². The molecule has 1 heterocycles. The molecule has 0 bridgehead atoms. The van der Waals surface area contributed by atoms with Crippen LogP contribution in [0.5, 0.6) is 0 Å². The van der Waals surface area contributed by atoms with E-state index < -0.39 is 0 Å². The van der Waals surface area contributed by atoms with Crippen molar-refractivity contribution in [1.82, 2.24) is 4.98 Å². The maximum Gasteiger partial charge on any atom is 0.249 e. The Balaban J connectivity index is 2.23. The van der Waals surface area contributed by atoms with E-state index >= 15 is 0 Å². The minimum Gasteiger partial charge on any atom is -0.322 e. The van der Waals surface area contributed by atoms with E-state index in [1.54, 1.807) is 6.07 Å². The molecule has 2 nitrogen and oxygen atoms in total. The van der Waals surface area contributed by atoms with Crippen LogP contribution in [0.15, 0.2) is 59.4 Å². The Morgan fingerprint density at radius 3 is 2.70 bits per heavy atom. The van der Waals surface area contributed by atoms with Gasteiger partial charge in [-0.3, -0.25) is 4.79 Å². The summed E-state index contributed by atoms with van der Waals surface area (Å²) in [6, 6.07) is 18.1. The summed E-state index contributed by atoms with van der Waals surface area (Å²) in [6.45, 7) is 2.18. The van der Waals surface area contributed by atoms with Gasteiger partial charge in [0.25, 0.3) is 0 Å². The van der Waals surface area contributed by atoms with Crippen molar-refractivity contribution in [2.45, 2.75) is 19.8 Å². The molecule has 1 aromatic heterocycles. The number of para-hydroxylation sites is 1. The Morgan fingerprint density at radius 2 is 1.85 bits per heavy atom. The van der Waals surface area contributed by atoms with Gasteiger partial charge in [-0.05, 0) is 29.2 Å². The van der Waals surface area contributed by atoms with Crippen LogP contribution in [-0.2, 0) is 6.42 Å². The van der Waals surface area contributed by atoms with Gasteiger partial charge in [0.05, 0.1) is 0 Å². The molecule has 0 spiro atoms. The average molecular weight is 263 g/mol. The quantitative estimate of drug-likeness (QED) is 0.756. The van der Waals surface area contributed by atoms with Gasteiger partial charge in [0.15, 0.2) is 0 Å². The van der Waals surface area contributed by atoms with E-state index in [1.165, 1.54) is 5.56 Å². The minimum atomic E-state index is -0.0559. The fourth-order valence-corrected chi connectivity index (χ4v) is 2.63. The van der Waals surface area contributed by atoms with Gasteiger partial charge in [0.1, 0.15) is 0 Å². The smallest absolute Gasteiger partial charge is 0.249 e. The van der Waals surface area contributed by atoms with Crippen molar-refractivity contribution >= 4 is 10.9 Å². The largest absolute Gasteiger partial charge is 0.322 e. The molecule has 100 valence electrons. The van der Waals surface area contributed by atoms with Crippen LogP contribution in [0.3, 0.4) is 0 Å². The van der Waals surface area contributed by atoms with Crippen LogP contribution in [0.25, 0.3) is 22.0 Å². The zero-order chi connectivity index (χ0) is 13.9. The van der Waals surface area contributed by atoms with E-state index in [0.717, 1.165) is 34.9 Å². The third-order valence-corrected chi connectivity index (χ3v) is 3.53. The second-order valence-electron chi connectivity index (χ2n) is 5.04. The Bertz CT molecular complexity index is 802. The Morgan fingerprint density at radius 1 is 1.00 bits per heavy atom. The topological polar surface area (TPSA) is 32.9 Å². The molecule has 0 amide bonds. The number of aryl methyl sites for hydroxylation is 1. The van der Waals surface area contributed by atoms with E-state index in [2.05, 4.69) is 36.2 Å². The molecule has 1 N–H and O–H groups in total. The summed E-state index contributed by atoms with van der Waals surface area (Å²) in [5.41, 5.74) is 4.26. The highest BCUT2D eigenvalue weighted by atomic mass is 16.1. The van der Waals surface area contributed by atoms with Crippen LogP contribution in [0, 0.1) is 0 Å². The lowest BCUT2D eigenvalue weighted by Gasteiger charge is -2.08. The number of hydrogen-bond acceptors (Lipinski definition) is 1. The van der Waals surface area contributed by atoms with E-state index in [9.17, 15) is 4.79 Å². The van der Waals surface area contributed by atoms with Gasteiger partial charge >= 0.3 is 0 Å². The van der Waals surface area contributed by atoms with Crippen molar-refractivity contribution in [3.8, 4) is 11.1 Å². The summed E-state index contributed by atoms with van der Waals surface area (Å²) in [7, 11) is 0. The first-order valence-corrected chi connectivity index (χ1v) is 6.99. The number of pyridine rings is 1. The van der Waals surface area contributed by atoms with Gasteiger partial charge in [0.2, 0.25) is 5.56 Å². The standard InChI is InChI=1S/C18H17NO/c1-2-6-13-7-5-8-14(11-13)16-12-18(20)19-17-10-4-3-9-15(16)17/h3-5,7-12H,2,6H2,1H3,(H,19,20). The molecule has 0 aliphatic carbocycles. The summed E-state index contributed by atoms with van der Waals surface area (Å²) >= 11 is 0. The molecule has 0 fully saturated rings. The number of benzene rings is 2. The second kappa shape index (κ2) is 5.33. The third kappa shape index (κ3) is 2.37. The molecule has 2 heteroatoms. The molecular formula is C18H17NO. The summed E-state index contributed by atoms with van der Waals surface area (Å²) in [4.78, 5) is 14.7. The molecule has 3 aromatic rings. The van der Waals surface area contributed by atoms with Crippen LogP contribution in [0.1, 0.15) is 18.9 Å². The summed E-state index contributed by atoms with van der Waals surface area (Å²) < 4.78 is 0. The first kappa shape index (κ1) is 12.7. The van der Waals surface area contributed by atoms with Crippen molar-refractivity contribution in [1.29, 1.82) is 0 Å². The Kier molecular flexibility index (Phi) is 3.38. The fourth-order valence-electron chi connectivity index (χ4n) is 2.63. The third-order valence-electron chi connectivity index (χ3n) is 3.53. The molecule has 0 aliphatic rings. The van der Waals surface area contributed by atoms with E-state index in [1.807, 2.05) is 24.3 Å². The second-order valence-corrected chi connectivity index (χ2v) is 5.04. The lowest BCUT2D eigenvalue weighted by atomic mass is 9.98. The summed E-state index contributed by atoms with van der Waals surface area (Å²) in [5, 5.41) is 1.08. The minimum absolute atomic E-state index is 0.0559. The zero-order valence-corrected chi connectivity index (χ0v) is 11.5. The average Bonchev–Trinajstić information content (AvgIpc) is 2.47. The fraction of sp³-hybridized carbons (Fsp3) is 0.167. The number of hydrogen-bond donors (Lipinski definition) is 1. The van der Waals surface area contributed by atoms with Crippen molar-refractivity contribution in [3.05, 3.63) is 70.5 Å². The Labute approximate surface area is 118 Å². The molecule has 0 radical (unpaired) electrons. The molecule has 2 aromatic carbocycles. The number of H-pyrrole nitrogens is 1. The lowest BCUT2D eigenvalue weighted by molar-refractivity contribution is 0.922. The number of rotatable bonds is 3. The molecular weight excluding hydrogens is 246 g/mol. The molecule has 20 heavy (non-hydrogen) atoms. The first-order chi connectivity index (χ1) is 9.78. The van der Waals surface area contributed by atoms with Gasteiger partial charge in [-0.15, -0.1) is 0 Å². The van der Waals surface area contributed by atoms with Gasteiger partial charge in [-0.25, -0.2) is 0 Å². The zero-order valence-electron chi connectivity index (χ0n) is 11.5. The van der Waals surface area contributed by atoms with Crippen LogP contribution < -0.4 is 5.56 Å². The lowest BCUT2D eigenvalue weighted by Crippen LogP contribution is -2.04. The molecule has 0 aliphatic heterocycles. The van der Waals surface area contributed by atoms with Gasteiger partial charge < -0.3 is 4.98 Å². The summed E-state index contributed by atoms with van der Waals surface area (Å²) in [5.74, 6) is 0. The van der Waals surface area contributed by atoms with Crippen molar-refractivity contribution < 1.29 is 0 Å². The van der Waals surface area contributed by atoms with E-state index in [0.29, 0.717) is 0 Å². The first-order valence-electron chi connectivity index (χ1n) is 6.99.